The minimum atomic E-state index is -0.594. The van der Waals surface area contributed by atoms with Crippen molar-refractivity contribution in [2.24, 2.45) is 5.92 Å². The molecule has 1 heterocycles. The molecule has 0 saturated carbocycles. The maximum atomic E-state index is 13.3. The van der Waals surface area contributed by atoms with E-state index in [1.54, 1.807) is 23.1 Å². The van der Waals surface area contributed by atoms with Crippen molar-refractivity contribution in [3.63, 3.8) is 0 Å². The molecule has 0 radical (unpaired) electrons. The summed E-state index contributed by atoms with van der Waals surface area (Å²) < 4.78 is 16.1. The molecular formula is C23H28N2O5. The number of methoxy groups -OCH3 is 3. The Morgan fingerprint density at radius 2 is 1.70 bits per heavy atom. The van der Waals surface area contributed by atoms with Gasteiger partial charge in [0.15, 0.2) is 11.5 Å². The lowest BCUT2D eigenvalue weighted by atomic mass is 10.0. The summed E-state index contributed by atoms with van der Waals surface area (Å²) in [7, 11) is 4.56. The van der Waals surface area contributed by atoms with Gasteiger partial charge in [-0.3, -0.25) is 9.59 Å². The number of amides is 2. The minimum Gasteiger partial charge on any atom is -0.493 e. The normalized spacial score (nSPS) is 13.8. The van der Waals surface area contributed by atoms with Gasteiger partial charge in [0.05, 0.1) is 21.3 Å². The van der Waals surface area contributed by atoms with Crippen LogP contribution in [-0.4, -0.2) is 44.1 Å². The molecule has 0 aliphatic carbocycles. The van der Waals surface area contributed by atoms with E-state index < -0.39 is 6.04 Å². The summed E-state index contributed by atoms with van der Waals surface area (Å²) in [6.07, 6.45) is 0.552. The van der Waals surface area contributed by atoms with Crippen molar-refractivity contribution in [1.29, 1.82) is 0 Å². The highest BCUT2D eigenvalue weighted by Crippen LogP contribution is 2.40. The van der Waals surface area contributed by atoms with E-state index in [9.17, 15) is 9.59 Å². The van der Waals surface area contributed by atoms with Crippen molar-refractivity contribution in [3.8, 4) is 17.2 Å². The number of ether oxygens (including phenoxy) is 3. The molecule has 0 spiro atoms. The first kappa shape index (κ1) is 21.5. The Labute approximate surface area is 176 Å². The zero-order valence-electron chi connectivity index (χ0n) is 18.0. The van der Waals surface area contributed by atoms with Crippen LogP contribution in [-0.2, 0) is 11.3 Å². The first-order valence-electron chi connectivity index (χ1n) is 9.89. The second-order valence-corrected chi connectivity index (χ2v) is 7.64. The average Bonchev–Trinajstić information content (AvgIpc) is 3.07. The largest absolute Gasteiger partial charge is 0.493 e. The number of rotatable bonds is 8. The molecule has 2 aromatic carbocycles. The van der Waals surface area contributed by atoms with Crippen molar-refractivity contribution in [3.05, 3.63) is 47.5 Å². The van der Waals surface area contributed by atoms with Crippen LogP contribution in [0.3, 0.4) is 0 Å². The van der Waals surface area contributed by atoms with Gasteiger partial charge in [-0.2, -0.15) is 0 Å². The molecule has 0 saturated heterocycles. The monoisotopic (exact) mass is 412 g/mol. The lowest BCUT2D eigenvalue weighted by Gasteiger charge is -2.28. The number of fused-ring (bicyclic) bond motifs is 1. The zero-order valence-corrected chi connectivity index (χ0v) is 18.0. The van der Waals surface area contributed by atoms with Gasteiger partial charge in [0.1, 0.15) is 6.04 Å². The topological polar surface area (TPSA) is 77.1 Å². The second-order valence-electron chi connectivity index (χ2n) is 7.64. The molecule has 1 N–H and O–H groups in total. The number of nitrogens with one attached hydrogen (secondary N) is 1. The molecule has 0 bridgehead atoms. The molecule has 2 aromatic rings. The third-order valence-electron chi connectivity index (χ3n) is 5.16. The molecule has 1 aliphatic heterocycles. The van der Waals surface area contributed by atoms with E-state index in [0.29, 0.717) is 41.5 Å². The predicted octanol–water partition coefficient (Wildman–Crippen LogP) is 3.72. The number of benzene rings is 2. The van der Waals surface area contributed by atoms with Crippen molar-refractivity contribution in [1.82, 2.24) is 4.90 Å². The van der Waals surface area contributed by atoms with E-state index in [2.05, 4.69) is 5.32 Å². The molecule has 3 rings (SSSR count). The van der Waals surface area contributed by atoms with Crippen LogP contribution in [0.25, 0.3) is 0 Å². The number of nitrogens with zero attached hydrogens (tertiary/aromatic N) is 1. The van der Waals surface area contributed by atoms with Crippen molar-refractivity contribution in [2.45, 2.75) is 32.9 Å². The summed E-state index contributed by atoms with van der Waals surface area (Å²) >= 11 is 0. The fourth-order valence-electron chi connectivity index (χ4n) is 3.73. The van der Waals surface area contributed by atoms with Crippen LogP contribution >= 0.6 is 0 Å². The number of hydrogen-bond donors (Lipinski definition) is 1. The molecule has 7 heteroatoms. The minimum absolute atomic E-state index is 0.115. The highest BCUT2D eigenvalue weighted by Gasteiger charge is 2.36. The molecule has 30 heavy (non-hydrogen) atoms. The summed E-state index contributed by atoms with van der Waals surface area (Å²) in [6, 6.07) is 10.2. The van der Waals surface area contributed by atoms with Crippen molar-refractivity contribution < 1.29 is 23.8 Å². The fraction of sp³-hybridized carbons (Fsp3) is 0.391. The fourth-order valence-corrected chi connectivity index (χ4v) is 3.73. The van der Waals surface area contributed by atoms with Crippen LogP contribution in [0.1, 0.15) is 36.2 Å². The Balaban J connectivity index is 1.88. The maximum absolute atomic E-state index is 13.3. The molecule has 2 amide bonds. The molecule has 0 unspecified atom stereocenters. The Morgan fingerprint density at radius 3 is 2.23 bits per heavy atom. The van der Waals surface area contributed by atoms with Gasteiger partial charge in [-0.05, 0) is 24.0 Å². The first-order valence-corrected chi connectivity index (χ1v) is 9.89. The number of carbonyl (C=O) groups excluding carboxylic acids is 2. The Hall–Kier alpha value is -3.22. The van der Waals surface area contributed by atoms with Crippen LogP contribution in [0.2, 0.25) is 0 Å². The summed E-state index contributed by atoms with van der Waals surface area (Å²) in [6.45, 7) is 4.50. The summed E-state index contributed by atoms with van der Waals surface area (Å²) in [5.41, 5.74) is 2.11. The lowest BCUT2D eigenvalue weighted by Crippen LogP contribution is -2.45. The highest BCUT2D eigenvalue weighted by atomic mass is 16.5. The van der Waals surface area contributed by atoms with Gasteiger partial charge in [0, 0.05) is 29.9 Å². The van der Waals surface area contributed by atoms with E-state index in [1.165, 1.54) is 21.3 Å². The van der Waals surface area contributed by atoms with Crippen LogP contribution in [0.5, 0.6) is 17.2 Å². The van der Waals surface area contributed by atoms with Crippen LogP contribution in [0.4, 0.5) is 5.69 Å². The first-order chi connectivity index (χ1) is 14.4. The number of hydrogen-bond acceptors (Lipinski definition) is 5. The molecule has 7 nitrogen and oxygen atoms in total. The molecule has 1 aliphatic rings. The maximum Gasteiger partial charge on any atom is 0.255 e. The van der Waals surface area contributed by atoms with E-state index in [-0.39, 0.29) is 17.7 Å². The van der Waals surface area contributed by atoms with Gasteiger partial charge < -0.3 is 24.4 Å². The Morgan fingerprint density at radius 1 is 1.07 bits per heavy atom. The van der Waals surface area contributed by atoms with Crippen LogP contribution < -0.4 is 19.5 Å². The van der Waals surface area contributed by atoms with Gasteiger partial charge >= 0.3 is 0 Å². The standard InChI is InChI=1S/C23H28N2O5/c1-14(2)10-18(25-13-15-8-6-7-9-17(15)23(25)27)22(26)24-16-11-19(28-3)21(30-5)20(12-16)29-4/h6-9,11-12,14,18H,10,13H2,1-5H3,(H,24,26)/t18-/m0/s1. The third kappa shape index (κ3) is 4.20. The summed E-state index contributed by atoms with van der Waals surface area (Å²) in [5.74, 6) is 1.20. The number of anilines is 1. The van der Waals surface area contributed by atoms with Crippen LogP contribution in [0, 0.1) is 5.92 Å². The van der Waals surface area contributed by atoms with Gasteiger partial charge in [0.2, 0.25) is 11.7 Å². The van der Waals surface area contributed by atoms with E-state index in [0.717, 1.165) is 5.56 Å². The van der Waals surface area contributed by atoms with Gasteiger partial charge in [-0.1, -0.05) is 32.0 Å². The molecule has 160 valence electrons. The quantitative estimate of drug-likeness (QED) is 0.715. The SMILES string of the molecule is COc1cc(NC(=O)[C@H](CC(C)C)N2Cc3ccccc3C2=O)cc(OC)c1OC. The zero-order chi connectivity index (χ0) is 21.8. The molecule has 0 aromatic heterocycles. The molecule has 1 atom stereocenters. The van der Waals surface area contributed by atoms with E-state index in [4.69, 9.17) is 14.2 Å². The smallest absolute Gasteiger partial charge is 0.255 e. The van der Waals surface area contributed by atoms with Crippen molar-refractivity contribution in [2.75, 3.05) is 26.6 Å². The molecular weight excluding hydrogens is 384 g/mol. The van der Waals surface area contributed by atoms with E-state index in [1.807, 2.05) is 32.0 Å². The van der Waals surface area contributed by atoms with E-state index >= 15 is 0 Å². The Bertz CT molecular complexity index is 916. The van der Waals surface area contributed by atoms with Gasteiger partial charge in [0.25, 0.3) is 5.91 Å². The lowest BCUT2D eigenvalue weighted by molar-refractivity contribution is -0.121. The van der Waals surface area contributed by atoms with Gasteiger partial charge in [-0.15, -0.1) is 0 Å². The summed E-state index contributed by atoms with van der Waals surface area (Å²) in [5, 5.41) is 2.92. The number of carbonyl (C=O) groups is 2. The predicted molar refractivity (Wildman–Crippen MR) is 114 cm³/mol. The third-order valence-corrected chi connectivity index (χ3v) is 5.16. The van der Waals surface area contributed by atoms with Crippen molar-refractivity contribution >= 4 is 17.5 Å². The Kier molecular flexibility index (Phi) is 6.50. The average molecular weight is 412 g/mol. The second kappa shape index (κ2) is 9.07. The van der Waals surface area contributed by atoms with Crippen LogP contribution in [0.15, 0.2) is 36.4 Å². The highest BCUT2D eigenvalue weighted by molar-refractivity contribution is 6.03. The molecule has 0 fully saturated rings. The van der Waals surface area contributed by atoms with Gasteiger partial charge in [-0.25, -0.2) is 0 Å². The summed E-state index contributed by atoms with van der Waals surface area (Å²) in [4.78, 5) is 27.9.